The molecule has 0 aromatic heterocycles. The predicted molar refractivity (Wildman–Crippen MR) is 40.1 cm³/mol. The molecule has 0 aliphatic carbocycles. The van der Waals surface area contributed by atoms with Crippen LogP contribution in [0, 0.1) is 0 Å². The van der Waals surface area contributed by atoms with Crippen LogP contribution in [0.15, 0.2) is 23.8 Å². The number of carbonyl (C=O) groups is 3. The van der Waals surface area contributed by atoms with E-state index in [2.05, 4.69) is 0 Å². The molecule has 0 fully saturated rings. The Morgan fingerprint density at radius 3 is 1.69 bits per heavy atom. The molecule has 0 saturated heterocycles. The minimum Gasteiger partial charge on any atom is -0.478 e. The molecule has 0 unspecified atom stereocenters. The van der Waals surface area contributed by atoms with Crippen LogP contribution in [0.3, 0.4) is 0 Å². The van der Waals surface area contributed by atoms with Crippen molar-refractivity contribution in [1.82, 2.24) is 0 Å². The van der Waals surface area contributed by atoms with E-state index in [9.17, 15) is 14.4 Å². The van der Waals surface area contributed by atoms with E-state index in [0.29, 0.717) is 18.2 Å². The van der Waals surface area contributed by atoms with Crippen LogP contribution in [0.25, 0.3) is 0 Å². The number of hydrogen-bond acceptors (Lipinski definition) is 3. The summed E-state index contributed by atoms with van der Waals surface area (Å²) >= 11 is 0. The second-order valence-corrected chi connectivity index (χ2v) is 1.91. The molecular formula is C7H6O6. The number of hydrogen-bond donors (Lipinski definition) is 3. The molecule has 6 nitrogen and oxygen atoms in total. The van der Waals surface area contributed by atoms with Gasteiger partial charge in [0.05, 0.1) is 5.57 Å². The highest BCUT2D eigenvalue weighted by Crippen LogP contribution is 1.96. The van der Waals surface area contributed by atoms with Crippen LogP contribution in [0.4, 0.5) is 0 Å². The van der Waals surface area contributed by atoms with Crippen molar-refractivity contribution in [2.45, 2.75) is 0 Å². The van der Waals surface area contributed by atoms with Gasteiger partial charge in [-0.1, -0.05) is 0 Å². The van der Waals surface area contributed by atoms with Gasteiger partial charge in [0.2, 0.25) is 0 Å². The highest BCUT2D eigenvalue weighted by molar-refractivity contribution is 5.98. The Balaban J connectivity index is 4.74. The van der Waals surface area contributed by atoms with Crippen molar-refractivity contribution in [3.63, 3.8) is 0 Å². The molecule has 0 saturated carbocycles. The lowest BCUT2D eigenvalue weighted by molar-refractivity contribution is -0.134. The van der Waals surface area contributed by atoms with Gasteiger partial charge in [-0.3, -0.25) is 0 Å². The summed E-state index contributed by atoms with van der Waals surface area (Å²) in [4.78, 5) is 30.3. The summed E-state index contributed by atoms with van der Waals surface area (Å²) in [5, 5.41) is 24.7. The van der Waals surface area contributed by atoms with Gasteiger partial charge >= 0.3 is 17.9 Å². The molecule has 3 N–H and O–H groups in total. The number of aliphatic carboxylic acids is 3. The molecule has 13 heavy (non-hydrogen) atoms. The summed E-state index contributed by atoms with van der Waals surface area (Å²) in [6.07, 6.45) is 1.64. The van der Waals surface area contributed by atoms with Crippen molar-refractivity contribution < 1.29 is 29.7 Å². The SMILES string of the molecule is O=C(O)C=CC(=CC(=O)O)C(=O)O. The fraction of sp³-hybridized carbons (Fsp3) is 0. The molecule has 0 bridgehead atoms. The van der Waals surface area contributed by atoms with Crippen LogP contribution in [0.5, 0.6) is 0 Å². The van der Waals surface area contributed by atoms with Crippen molar-refractivity contribution >= 4 is 17.9 Å². The smallest absolute Gasteiger partial charge is 0.335 e. The van der Waals surface area contributed by atoms with Crippen LogP contribution < -0.4 is 0 Å². The molecular weight excluding hydrogens is 180 g/mol. The van der Waals surface area contributed by atoms with E-state index in [1.807, 2.05) is 0 Å². The van der Waals surface area contributed by atoms with Gasteiger partial charge in [-0.2, -0.15) is 0 Å². The van der Waals surface area contributed by atoms with E-state index < -0.39 is 23.5 Å². The van der Waals surface area contributed by atoms with Crippen LogP contribution in [-0.2, 0) is 14.4 Å². The van der Waals surface area contributed by atoms with Gasteiger partial charge in [-0.25, -0.2) is 14.4 Å². The molecule has 0 aromatic rings. The summed E-state index contributed by atoms with van der Waals surface area (Å²) < 4.78 is 0. The van der Waals surface area contributed by atoms with Gasteiger partial charge < -0.3 is 15.3 Å². The summed E-state index contributed by atoms with van der Waals surface area (Å²) in [5.74, 6) is -4.30. The van der Waals surface area contributed by atoms with E-state index in [0.717, 1.165) is 0 Å². The van der Waals surface area contributed by atoms with Crippen molar-refractivity contribution in [2.24, 2.45) is 0 Å². The van der Waals surface area contributed by atoms with Gasteiger partial charge in [0.15, 0.2) is 0 Å². The van der Waals surface area contributed by atoms with E-state index in [4.69, 9.17) is 15.3 Å². The molecule has 0 aromatic carbocycles. The predicted octanol–water partition coefficient (Wildman–Crippen LogP) is -0.277. The third-order valence-corrected chi connectivity index (χ3v) is 0.931. The third-order valence-electron chi connectivity index (χ3n) is 0.931. The topological polar surface area (TPSA) is 112 Å². The fourth-order valence-corrected chi connectivity index (χ4v) is 0.475. The molecule has 70 valence electrons. The van der Waals surface area contributed by atoms with Crippen molar-refractivity contribution in [2.75, 3.05) is 0 Å². The maximum Gasteiger partial charge on any atom is 0.335 e. The first-order valence-corrected chi connectivity index (χ1v) is 3.02. The third kappa shape index (κ3) is 5.19. The van der Waals surface area contributed by atoms with Gasteiger partial charge in [0.1, 0.15) is 0 Å². The van der Waals surface area contributed by atoms with E-state index in [1.54, 1.807) is 0 Å². The van der Waals surface area contributed by atoms with E-state index in [1.165, 1.54) is 0 Å². The second kappa shape index (κ2) is 4.70. The minimum atomic E-state index is -1.50. The zero-order valence-electron chi connectivity index (χ0n) is 6.30. The number of carboxylic acid groups (broad SMARTS) is 3. The average Bonchev–Trinajstić information content (AvgIpc) is 1.96. The monoisotopic (exact) mass is 186 g/mol. The van der Waals surface area contributed by atoms with Gasteiger partial charge in [-0.15, -0.1) is 0 Å². The summed E-state index contributed by atoms with van der Waals surface area (Å²) in [6.45, 7) is 0. The van der Waals surface area contributed by atoms with Gasteiger partial charge in [0.25, 0.3) is 0 Å². The van der Waals surface area contributed by atoms with E-state index in [-0.39, 0.29) is 0 Å². The van der Waals surface area contributed by atoms with Crippen molar-refractivity contribution in [3.05, 3.63) is 23.8 Å². The molecule has 0 aliphatic heterocycles. The highest BCUT2D eigenvalue weighted by Gasteiger charge is 2.05. The van der Waals surface area contributed by atoms with Crippen LogP contribution in [0.1, 0.15) is 0 Å². The first kappa shape index (κ1) is 10.9. The van der Waals surface area contributed by atoms with Crippen LogP contribution in [-0.4, -0.2) is 33.2 Å². The quantitative estimate of drug-likeness (QED) is 0.411. The maximum absolute atomic E-state index is 10.3. The largest absolute Gasteiger partial charge is 0.478 e. The minimum absolute atomic E-state index is 0.405. The van der Waals surface area contributed by atoms with Crippen molar-refractivity contribution in [3.8, 4) is 0 Å². The first-order valence-electron chi connectivity index (χ1n) is 3.02. The van der Waals surface area contributed by atoms with Crippen molar-refractivity contribution in [1.29, 1.82) is 0 Å². The molecule has 0 heterocycles. The van der Waals surface area contributed by atoms with Crippen LogP contribution >= 0.6 is 0 Å². The number of carboxylic acids is 3. The summed E-state index contributed by atoms with van der Waals surface area (Å²) in [5.41, 5.74) is -0.602. The molecule has 6 heteroatoms. The molecule has 0 rings (SSSR count). The Labute approximate surface area is 72.4 Å². The normalized spacial score (nSPS) is 11.5. The first-order chi connectivity index (χ1) is 5.93. The molecule has 0 aliphatic rings. The Bertz CT molecular complexity index is 298. The lowest BCUT2D eigenvalue weighted by atomic mass is 10.2. The van der Waals surface area contributed by atoms with E-state index >= 15 is 0 Å². The Hall–Kier alpha value is -2.11. The zero-order chi connectivity index (χ0) is 10.4. The molecule has 0 radical (unpaired) electrons. The fourth-order valence-electron chi connectivity index (χ4n) is 0.475. The van der Waals surface area contributed by atoms with Gasteiger partial charge in [-0.05, 0) is 6.08 Å². The number of rotatable bonds is 4. The Morgan fingerprint density at radius 2 is 1.38 bits per heavy atom. The lowest BCUT2D eigenvalue weighted by Crippen LogP contribution is -2.02. The maximum atomic E-state index is 10.3. The van der Waals surface area contributed by atoms with Gasteiger partial charge in [0, 0.05) is 12.2 Å². The summed E-state index contributed by atoms with van der Waals surface area (Å²) in [7, 11) is 0. The standard InChI is InChI=1S/C7H6O6/c8-5(9)2-1-4(7(12)13)3-6(10)11/h1-3H,(H,8,9)(H,10,11)(H,12,13). The highest BCUT2D eigenvalue weighted by atomic mass is 16.4. The average molecular weight is 186 g/mol. The zero-order valence-corrected chi connectivity index (χ0v) is 6.30. The molecule has 0 atom stereocenters. The Morgan fingerprint density at radius 1 is 0.846 bits per heavy atom. The summed E-state index contributed by atoms with van der Waals surface area (Å²) in [6, 6.07) is 0. The second-order valence-electron chi connectivity index (χ2n) is 1.91. The molecule has 0 amide bonds. The van der Waals surface area contributed by atoms with Crippen LogP contribution in [0.2, 0.25) is 0 Å². The molecule has 0 spiro atoms. The Kier molecular flexibility index (Phi) is 3.94. The lowest BCUT2D eigenvalue weighted by Gasteiger charge is -1.90.